The summed E-state index contributed by atoms with van der Waals surface area (Å²) in [4.78, 5) is 21.8. The minimum absolute atomic E-state index is 0.128. The molecule has 7 nitrogen and oxygen atoms in total. The van der Waals surface area contributed by atoms with Crippen LogP contribution in [-0.4, -0.2) is 23.7 Å². The first-order chi connectivity index (χ1) is 11.5. The highest BCUT2D eigenvalue weighted by atomic mass is 35.5. The SMILES string of the molecule is O=C(COc1cccc(Cl)c1)N/N=C/c1cc([N+](=O)[O-])ccc1Cl. The van der Waals surface area contributed by atoms with Crippen LogP contribution in [0.4, 0.5) is 5.69 Å². The number of amides is 1. The molecule has 0 atom stereocenters. The van der Waals surface area contributed by atoms with Crippen molar-refractivity contribution in [3.8, 4) is 5.75 Å². The Morgan fingerprint density at radius 3 is 2.79 bits per heavy atom. The van der Waals surface area contributed by atoms with E-state index >= 15 is 0 Å². The number of carbonyl (C=O) groups excluding carboxylic acids is 1. The van der Waals surface area contributed by atoms with Crippen LogP contribution in [0.15, 0.2) is 47.6 Å². The number of ether oxygens (including phenoxy) is 1. The second kappa shape index (κ2) is 8.28. The molecule has 24 heavy (non-hydrogen) atoms. The molecule has 0 bridgehead atoms. The molecule has 0 spiro atoms. The van der Waals surface area contributed by atoms with Gasteiger partial charge in [-0.2, -0.15) is 5.10 Å². The zero-order valence-electron chi connectivity index (χ0n) is 12.1. The van der Waals surface area contributed by atoms with Gasteiger partial charge in [-0.25, -0.2) is 5.43 Å². The minimum Gasteiger partial charge on any atom is -0.484 e. The molecule has 1 amide bonds. The molecule has 2 rings (SSSR count). The van der Waals surface area contributed by atoms with Crippen molar-refractivity contribution in [3.63, 3.8) is 0 Å². The molecule has 2 aromatic carbocycles. The van der Waals surface area contributed by atoms with Gasteiger partial charge in [-0.05, 0) is 24.3 Å². The normalized spacial score (nSPS) is 10.6. The fourth-order valence-electron chi connectivity index (χ4n) is 1.66. The number of halogens is 2. The summed E-state index contributed by atoms with van der Waals surface area (Å²) in [6, 6.07) is 10.5. The van der Waals surface area contributed by atoms with E-state index in [0.717, 1.165) is 0 Å². The van der Waals surface area contributed by atoms with Crippen molar-refractivity contribution >= 4 is 41.0 Å². The third-order valence-electron chi connectivity index (χ3n) is 2.75. The number of non-ortho nitro benzene ring substituents is 1. The topological polar surface area (TPSA) is 93.8 Å². The molecular formula is C15H11Cl2N3O4. The number of hydrazone groups is 1. The molecule has 0 aliphatic heterocycles. The summed E-state index contributed by atoms with van der Waals surface area (Å²) >= 11 is 11.7. The Balaban J connectivity index is 1.90. The fourth-order valence-corrected chi connectivity index (χ4v) is 2.00. The van der Waals surface area contributed by atoms with E-state index in [1.54, 1.807) is 24.3 Å². The van der Waals surface area contributed by atoms with Crippen LogP contribution in [0, 0.1) is 10.1 Å². The number of nitro groups is 1. The van der Waals surface area contributed by atoms with Crippen molar-refractivity contribution in [3.05, 3.63) is 68.2 Å². The first kappa shape index (κ1) is 17.7. The predicted octanol–water partition coefficient (Wildman–Crippen LogP) is 3.43. The predicted molar refractivity (Wildman–Crippen MR) is 90.8 cm³/mol. The summed E-state index contributed by atoms with van der Waals surface area (Å²) in [5, 5.41) is 15.2. The second-order valence-corrected chi connectivity index (χ2v) is 5.35. The van der Waals surface area contributed by atoms with Gasteiger partial charge >= 0.3 is 0 Å². The number of carbonyl (C=O) groups is 1. The number of nitrogens with one attached hydrogen (secondary N) is 1. The molecule has 0 aliphatic rings. The highest BCUT2D eigenvalue weighted by molar-refractivity contribution is 6.33. The van der Waals surface area contributed by atoms with Gasteiger partial charge in [0.15, 0.2) is 6.61 Å². The maximum Gasteiger partial charge on any atom is 0.277 e. The Labute approximate surface area is 147 Å². The van der Waals surface area contributed by atoms with E-state index in [2.05, 4.69) is 10.5 Å². The number of nitro benzene ring substituents is 1. The van der Waals surface area contributed by atoms with Gasteiger partial charge in [0, 0.05) is 27.7 Å². The van der Waals surface area contributed by atoms with E-state index in [9.17, 15) is 14.9 Å². The van der Waals surface area contributed by atoms with Crippen LogP contribution in [0.3, 0.4) is 0 Å². The third-order valence-corrected chi connectivity index (χ3v) is 3.33. The monoisotopic (exact) mass is 367 g/mol. The molecule has 0 heterocycles. The lowest BCUT2D eigenvalue weighted by atomic mass is 10.2. The van der Waals surface area contributed by atoms with Crippen molar-refractivity contribution in [2.24, 2.45) is 5.10 Å². The van der Waals surface area contributed by atoms with Gasteiger partial charge in [0.1, 0.15) is 5.75 Å². The average molecular weight is 368 g/mol. The highest BCUT2D eigenvalue weighted by Gasteiger charge is 2.08. The molecule has 1 N–H and O–H groups in total. The van der Waals surface area contributed by atoms with Crippen molar-refractivity contribution in [1.29, 1.82) is 0 Å². The van der Waals surface area contributed by atoms with Crippen LogP contribution in [0.2, 0.25) is 10.0 Å². The third kappa shape index (κ3) is 5.22. The minimum atomic E-state index is -0.551. The Bertz CT molecular complexity index is 796. The van der Waals surface area contributed by atoms with Crippen LogP contribution in [0.25, 0.3) is 0 Å². The van der Waals surface area contributed by atoms with Crippen LogP contribution < -0.4 is 10.2 Å². The Hall–Kier alpha value is -2.64. The smallest absolute Gasteiger partial charge is 0.277 e. The number of rotatable bonds is 6. The molecule has 9 heteroatoms. The summed E-state index contributed by atoms with van der Waals surface area (Å²) < 4.78 is 5.24. The van der Waals surface area contributed by atoms with Crippen molar-refractivity contribution in [2.45, 2.75) is 0 Å². The van der Waals surface area contributed by atoms with Gasteiger partial charge in [0.2, 0.25) is 0 Å². The van der Waals surface area contributed by atoms with E-state index in [1.807, 2.05) is 0 Å². The number of nitrogens with zero attached hydrogens (tertiary/aromatic N) is 2. The van der Waals surface area contributed by atoms with E-state index in [-0.39, 0.29) is 17.3 Å². The summed E-state index contributed by atoms with van der Waals surface area (Å²) in [6.45, 7) is -0.264. The van der Waals surface area contributed by atoms with Gasteiger partial charge in [0.25, 0.3) is 11.6 Å². The quantitative estimate of drug-likeness (QED) is 0.480. The Morgan fingerprint density at radius 1 is 1.29 bits per heavy atom. The summed E-state index contributed by atoms with van der Waals surface area (Å²) in [5.41, 5.74) is 2.42. The lowest BCUT2D eigenvalue weighted by molar-refractivity contribution is -0.384. The van der Waals surface area contributed by atoms with Crippen LogP contribution >= 0.6 is 23.2 Å². The van der Waals surface area contributed by atoms with Crippen molar-refractivity contribution in [2.75, 3.05) is 6.61 Å². The van der Waals surface area contributed by atoms with Crippen molar-refractivity contribution < 1.29 is 14.5 Å². The summed E-state index contributed by atoms with van der Waals surface area (Å²) in [5.74, 6) is -0.0591. The molecule has 0 saturated carbocycles. The molecular weight excluding hydrogens is 357 g/mol. The number of hydrogen-bond acceptors (Lipinski definition) is 5. The number of hydrogen-bond donors (Lipinski definition) is 1. The van der Waals surface area contributed by atoms with Crippen LogP contribution in [0.1, 0.15) is 5.56 Å². The largest absolute Gasteiger partial charge is 0.484 e. The van der Waals surface area contributed by atoms with Crippen molar-refractivity contribution in [1.82, 2.24) is 5.43 Å². The molecule has 0 fully saturated rings. The Morgan fingerprint density at radius 2 is 2.08 bits per heavy atom. The first-order valence-electron chi connectivity index (χ1n) is 6.60. The van der Waals surface area contributed by atoms with Gasteiger partial charge in [-0.15, -0.1) is 0 Å². The van der Waals surface area contributed by atoms with Crippen LogP contribution in [0.5, 0.6) is 5.75 Å². The molecule has 0 unspecified atom stereocenters. The molecule has 124 valence electrons. The van der Waals surface area contributed by atoms with E-state index in [1.165, 1.54) is 24.4 Å². The first-order valence-corrected chi connectivity index (χ1v) is 7.35. The molecule has 0 saturated heterocycles. The Kier molecular flexibility index (Phi) is 6.11. The maximum absolute atomic E-state index is 11.6. The second-order valence-electron chi connectivity index (χ2n) is 4.50. The molecule has 2 aromatic rings. The van der Waals surface area contributed by atoms with Gasteiger partial charge in [0.05, 0.1) is 11.1 Å². The van der Waals surface area contributed by atoms with Crippen LogP contribution in [-0.2, 0) is 4.79 Å². The van der Waals surface area contributed by atoms with Gasteiger partial charge in [-0.3, -0.25) is 14.9 Å². The average Bonchev–Trinajstić information content (AvgIpc) is 2.54. The summed E-state index contributed by atoms with van der Waals surface area (Å²) in [7, 11) is 0. The highest BCUT2D eigenvalue weighted by Crippen LogP contribution is 2.20. The maximum atomic E-state index is 11.6. The zero-order valence-corrected chi connectivity index (χ0v) is 13.6. The lowest BCUT2D eigenvalue weighted by Crippen LogP contribution is -2.24. The lowest BCUT2D eigenvalue weighted by Gasteiger charge is -2.05. The van der Waals surface area contributed by atoms with Gasteiger partial charge in [-0.1, -0.05) is 29.3 Å². The molecule has 0 radical (unpaired) electrons. The van der Waals surface area contributed by atoms with E-state index < -0.39 is 10.8 Å². The fraction of sp³-hybridized carbons (Fsp3) is 0.0667. The number of benzene rings is 2. The van der Waals surface area contributed by atoms with E-state index in [4.69, 9.17) is 27.9 Å². The van der Waals surface area contributed by atoms with Gasteiger partial charge < -0.3 is 4.74 Å². The standard InChI is InChI=1S/C15H11Cl2N3O4/c16-11-2-1-3-13(7-11)24-9-15(21)19-18-8-10-6-12(20(22)23)4-5-14(10)17/h1-8H,9H2,(H,19,21)/b18-8+. The molecule has 0 aliphatic carbocycles. The summed E-state index contributed by atoms with van der Waals surface area (Å²) in [6.07, 6.45) is 1.21. The zero-order chi connectivity index (χ0) is 17.5. The van der Waals surface area contributed by atoms with E-state index in [0.29, 0.717) is 16.3 Å². The molecule has 0 aromatic heterocycles.